The first-order valence-corrected chi connectivity index (χ1v) is 7.02. The largest absolute Gasteiger partial charge is 0.330 e. The van der Waals surface area contributed by atoms with Crippen molar-refractivity contribution in [3.63, 3.8) is 0 Å². The summed E-state index contributed by atoms with van der Waals surface area (Å²) in [5, 5.41) is 0. The number of hydrogen-bond acceptors (Lipinski definition) is 2. The second-order valence-electron chi connectivity index (χ2n) is 5.64. The average molecular weight is 261 g/mol. The van der Waals surface area contributed by atoms with Crippen molar-refractivity contribution < 1.29 is 4.39 Å². The van der Waals surface area contributed by atoms with E-state index >= 15 is 0 Å². The first-order chi connectivity index (χ1) is 9.17. The fourth-order valence-corrected chi connectivity index (χ4v) is 3.10. The lowest BCUT2D eigenvalue weighted by molar-refractivity contribution is 0.140. The molecule has 1 heterocycles. The molecule has 1 aromatic heterocycles. The summed E-state index contributed by atoms with van der Waals surface area (Å²) < 4.78 is 15.5. The van der Waals surface area contributed by atoms with E-state index in [0.29, 0.717) is 6.54 Å². The zero-order chi connectivity index (χ0) is 13.5. The van der Waals surface area contributed by atoms with Gasteiger partial charge in [0.05, 0.1) is 11.0 Å². The Morgan fingerprint density at radius 2 is 2.21 bits per heavy atom. The summed E-state index contributed by atoms with van der Waals surface area (Å²) in [5.74, 6) is 0.846. The minimum atomic E-state index is -0.203. The van der Waals surface area contributed by atoms with Crippen molar-refractivity contribution in [2.45, 2.75) is 39.2 Å². The highest BCUT2D eigenvalue weighted by Gasteiger charge is 2.37. The second-order valence-corrected chi connectivity index (χ2v) is 5.64. The fourth-order valence-electron chi connectivity index (χ4n) is 3.10. The smallest absolute Gasteiger partial charge is 0.125 e. The van der Waals surface area contributed by atoms with E-state index in [1.807, 2.05) is 0 Å². The highest BCUT2D eigenvalue weighted by Crippen LogP contribution is 2.42. The summed E-state index contributed by atoms with van der Waals surface area (Å²) in [6.07, 6.45) is 4.54. The molecule has 102 valence electrons. The minimum Gasteiger partial charge on any atom is -0.330 e. The van der Waals surface area contributed by atoms with Gasteiger partial charge >= 0.3 is 0 Å². The fraction of sp³-hybridized carbons (Fsp3) is 0.533. The molecular formula is C15H20FN3. The summed E-state index contributed by atoms with van der Waals surface area (Å²) in [4.78, 5) is 4.68. The van der Waals surface area contributed by atoms with Gasteiger partial charge in [-0.1, -0.05) is 6.42 Å². The molecule has 1 aromatic carbocycles. The zero-order valence-electron chi connectivity index (χ0n) is 11.3. The van der Waals surface area contributed by atoms with Gasteiger partial charge in [0.15, 0.2) is 0 Å². The van der Waals surface area contributed by atoms with Crippen LogP contribution in [-0.4, -0.2) is 16.1 Å². The van der Waals surface area contributed by atoms with Gasteiger partial charge in [-0.15, -0.1) is 0 Å². The maximum Gasteiger partial charge on any atom is 0.125 e. The molecule has 0 amide bonds. The van der Waals surface area contributed by atoms with E-state index in [-0.39, 0.29) is 11.2 Å². The number of rotatable bonds is 4. The summed E-state index contributed by atoms with van der Waals surface area (Å²) in [7, 11) is 0. The molecule has 0 saturated heterocycles. The topological polar surface area (TPSA) is 43.8 Å². The van der Waals surface area contributed by atoms with E-state index in [4.69, 9.17) is 5.73 Å². The summed E-state index contributed by atoms with van der Waals surface area (Å²) in [6, 6.07) is 4.81. The zero-order valence-corrected chi connectivity index (χ0v) is 11.3. The van der Waals surface area contributed by atoms with E-state index in [0.717, 1.165) is 29.8 Å². The maximum absolute atomic E-state index is 13.4. The molecule has 0 radical (unpaired) electrons. The monoisotopic (exact) mass is 261 g/mol. The van der Waals surface area contributed by atoms with E-state index in [1.165, 1.54) is 25.3 Å². The SMILES string of the molecule is CCn1c(CC2(CN)CCC2)nc2ccc(F)cc21. The molecule has 4 heteroatoms. The second kappa shape index (κ2) is 4.60. The third kappa shape index (κ3) is 2.04. The Labute approximate surface area is 112 Å². The van der Waals surface area contributed by atoms with Crippen LogP contribution in [0.2, 0.25) is 0 Å². The predicted octanol–water partition coefficient (Wildman–Crippen LogP) is 2.87. The number of aromatic nitrogens is 2. The number of halogens is 1. The predicted molar refractivity (Wildman–Crippen MR) is 74.4 cm³/mol. The van der Waals surface area contributed by atoms with Gasteiger partial charge in [-0.25, -0.2) is 9.37 Å². The number of fused-ring (bicyclic) bond motifs is 1. The molecule has 2 aromatic rings. The molecule has 1 saturated carbocycles. The Bertz CT molecular complexity index is 593. The van der Waals surface area contributed by atoms with Crippen LogP contribution < -0.4 is 5.73 Å². The van der Waals surface area contributed by atoms with Crippen LogP contribution in [0.25, 0.3) is 11.0 Å². The quantitative estimate of drug-likeness (QED) is 0.919. The molecule has 3 rings (SSSR count). The van der Waals surface area contributed by atoms with Crippen molar-refractivity contribution in [2.24, 2.45) is 11.1 Å². The number of imidazole rings is 1. The van der Waals surface area contributed by atoms with Gasteiger partial charge in [0.1, 0.15) is 11.6 Å². The molecular weight excluding hydrogens is 241 g/mol. The van der Waals surface area contributed by atoms with Crippen LogP contribution in [0.3, 0.4) is 0 Å². The average Bonchev–Trinajstić information content (AvgIpc) is 2.70. The van der Waals surface area contributed by atoms with E-state index < -0.39 is 0 Å². The Kier molecular flexibility index (Phi) is 3.05. The summed E-state index contributed by atoms with van der Waals surface area (Å²) in [6.45, 7) is 3.61. The van der Waals surface area contributed by atoms with E-state index in [9.17, 15) is 4.39 Å². The molecule has 3 nitrogen and oxygen atoms in total. The number of hydrogen-bond donors (Lipinski definition) is 1. The molecule has 0 bridgehead atoms. The standard InChI is InChI=1S/C15H20FN3/c1-2-19-13-8-11(16)4-5-12(13)18-14(19)9-15(10-17)6-3-7-15/h4-5,8H,2-3,6-7,9-10,17H2,1H3. The molecule has 0 unspecified atom stereocenters. The Hall–Kier alpha value is -1.42. The van der Waals surface area contributed by atoms with Gasteiger partial charge in [-0.2, -0.15) is 0 Å². The van der Waals surface area contributed by atoms with Crippen LogP contribution in [0.1, 0.15) is 32.0 Å². The van der Waals surface area contributed by atoms with Crippen LogP contribution in [0.4, 0.5) is 4.39 Å². The van der Waals surface area contributed by atoms with Crippen LogP contribution in [0, 0.1) is 11.2 Å². The summed E-state index contributed by atoms with van der Waals surface area (Å²) >= 11 is 0. The number of nitrogens with two attached hydrogens (primary N) is 1. The van der Waals surface area contributed by atoms with Crippen molar-refractivity contribution in [3.8, 4) is 0 Å². The number of aryl methyl sites for hydroxylation is 1. The highest BCUT2D eigenvalue weighted by atomic mass is 19.1. The lowest BCUT2D eigenvalue weighted by atomic mass is 9.66. The van der Waals surface area contributed by atoms with E-state index in [2.05, 4.69) is 16.5 Å². The van der Waals surface area contributed by atoms with Gasteiger partial charge < -0.3 is 10.3 Å². The highest BCUT2D eigenvalue weighted by molar-refractivity contribution is 5.76. The van der Waals surface area contributed by atoms with Crippen molar-refractivity contribution >= 4 is 11.0 Å². The lowest BCUT2D eigenvalue weighted by Gasteiger charge is -2.40. The van der Waals surface area contributed by atoms with Gasteiger partial charge in [-0.05, 0) is 49.9 Å². The lowest BCUT2D eigenvalue weighted by Crippen LogP contribution is -2.39. The van der Waals surface area contributed by atoms with E-state index in [1.54, 1.807) is 12.1 Å². The van der Waals surface area contributed by atoms with Crippen molar-refractivity contribution in [3.05, 3.63) is 29.8 Å². The van der Waals surface area contributed by atoms with Gasteiger partial charge in [0.2, 0.25) is 0 Å². The third-order valence-electron chi connectivity index (χ3n) is 4.49. The molecule has 1 aliphatic carbocycles. The first kappa shape index (κ1) is 12.6. The van der Waals surface area contributed by atoms with Gasteiger partial charge in [0, 0.05) is 13.0 Å². The molecule has 0 spiro atoms. The van der Waals surface area contributed by atoms with Crippen LogP contribution in [0.15, 0.2) is 18.2 Å². The van der Waals surface area contributed by atoms with Crippen molar-refractivity contribution in [1.29, 1.82) is 0 Å². The molecule has 0 aliphatic heterocycles. The molecule has 1 fully saturated rings. The van der Waals surface area contributed by atoms with Gasteiger partial charge in [-0.3, -0.25) is 0 Å². The molecule has 19 heavy (non-hydrogen) atoms. The maximum atomic E-state index is 13.4. The number of nitrogens with zero attached hydrogens (tertiary/aromatic N) is 2. The van der Waals surface area contributed by atoms with Crippen LogP contribution in [-0.2, 0) is 13.0 Å². The first-order valence-electron chi connectivity index (χ1n) is 7.02. The van der Waals surface area contributed by atoms with Gasteiger partial charge in [0.25, 0.3) is 0 Å². The van der Waals surface area contributed by atoms with Crippen molar-refractivity contribution in [2.75, 3.05) is 6.54 Å². The number of benzene rings is 1. The molecule has 0 atom stereocenters. The Morgan fingerprint density at radius 3 is 2.79 bits per heavy atom. The third-order valence-corrected chi connectivity index (χ3v) is 4.49. The van der Waals surface area contributed by atoms with Crippen LogP contribution in [0.5, 0.6) is 0 Å². The van der Waals surface area contributed by atoms with Crippen LogP contribution >= 0.6 is 0 Å². The Balaban J connectivity index is 2.03. The molecule has 2 N–H and O–H groups in total. The minimum absolute atomic E-state index is 0.203. The normalized spacial score (nSPS) is 17.6. The Morgan fingerprint density at radius 1 is 1.42 bits per heavy atom. The van der Waals surface area contributed by atoms with Crippen molar-refractivity contribution in [1.82, 2.24) is 9.55 Å². The summed E-state index contributed by atoms with van der Waals surface area (Å²) in [5.41, 5.74) is 7.93. The molecule has 1 aliphatic rings.